The molecule has 0 bridgehead atoms. The van der Waals surface area contributed by atoms with Crippen LogP contribution in [-0.2, 0) is 9.59 Å². The van der Waals surface area contributed by atoms with Gasteiger partial charge in [0.2, 0.25) is 11.8 Å². The van der Waals surface area contributed by atoms with Gasteiger partial charge in [0, 0.05) is 41.6 Å². The predicted octanol–water partition coefficient (Wildman–Crippen LogP) is 4.40. The van der Waals surface area contributed by atoms with Gasteiger partial charge in [-0.25, -0.2) is 0 Å². The van der Waals surface area contributed by atoms with Gasteiger partial charge in [-0.3, -0.25) is 29.4 Å². The van der Waals surface area contributed by atoms with Gasteiger partial charge < -0.3 is 10.6 Å². The Morgan fingerprint density at radius 3 is 2.41 bits per heavy atom. The molecule has 34 heavy (non-hydrogen) atoms. The summed E-state index contributed by atoms with van der Waals surface area (Å²) in [5, 5.41) is 17.5. The van der Waals surface area contributed by atoms with E-state index < -0.39 is 10.8 Å². The van der Waals surface area contributed by atoms with Crippen LogP contribution in [0.4, 0.5) is 17.1 Å². The van der Waals surface area contributed by atoms with Crippen LogP contribution in [0.2, 0.25) is 5.02 Å². The number of nitrogens with zero attached hydrogens (tertiary/aromatic N) is 2. The van der Waals surface area contributed by atoms with Gasteiger partial charge in [0.25, 0.3) is 11.6 Å². The molecule has 3 amide bonds. The van der Waals surface area contributed by atoms with Gasteiger partial charge in [-0.05, 0) is 43.5 Å². The highest BCUT2D eigenvalue weighted by Gasteiger charge is 2.47. The third-order valence-electron chi connectivity index (χ3n) is 6.49. The van der Waals surface area contributed by atoms with Crippen molar-refractivity contribution in [2.45, 2.75) is 32.6 Å². The van der Waals surface area contributed by atoms with Crippen molar-refractivity contribution in [2.24, 2.45) is 11.8 Å². The number of amides is 3. The maximum absolute atomic E-state index is 13.0. The quantitative estimate of drug-likeness (QED) is 0.341. The van der Waals surface area contributed by atoms with Crippen molar-refractivity contribution >= 4 is 46.4 Å². The molecular weight excluding hydrogens is 460 g/mol. The van der Waals surface area contributed by atoms with Crippen molar-refractivity contribution in [3.63, 3.8) is 0 Å². The lowest BCUT2D eigenvalue weighted by Crippen LogP contribution is -2.35. The molecule has 1 heterocycles. The summed E-state index contributed by atoms with van der Waals surface area (Å²) in [4.78, 5) is 50.4. The topological polar surface area (TPSA) is 122 Å². The summed E-state index contributed by atoms with van der Waals surface area (Å²) >= 11 is 6.03. The normalized spacial score (nSPS) is 19.6. The van der Waals surface area contributed by atoms with Crippen LogP contribution in [0.5, 0.6) is 0 Å². The number of nitro groups is 1. The Balaban J connectivity index is 1.50. The summed E-state index contributed by atoms with van der Waals surface area (Å²) in [5.74, 6) is -1.24. The second-order valence-electron chi connectivity index (χ2n) is 8.65. The average molecular weight is 485 g/mol. The molecule has 2 atom stereocenters. The molecule has 1 aliphatic heterocycles. The molecule has 1 saturated heterocycles. The van der Waals surface area contributed by atoms with Gasteiger partial charge >= 0.3 is 0 Å². The lowest BCUT2D eigenvalue weighted by Gasteiger charge is -2.19. The van der Waals surface area contributed by atoms with Crippen LogP contribution in [0.3, 0.4) is 0 Å². The molecule has 0 aromatic heterocycles. The number of carbonyl (C=O) groups excluding carboxylic acids is 3. The number of hydrogen-bond donors (Lipinski definition) is 2. The predicted molar refractivity (Wildman–Crippen MR) is 128 cm³/mol. The van der Waals surface area contributed by atoms with Gasteiger partial charge in [0.05, 0.1) is 22.3 Å². The smallest absolute Gasteiger partial charge is 0.270 e. The maximum atomic E-state index is 13.0. The van der Waals surface area contributed by atoms with E-state index in [0.29, 0.717) is 16.4 Å². The number of likely N-dealkylation sites (tertiary alicyclic amines) is 1. The lowest BCUT2D eigenvalue weighted by molar-refractivity contribution is -0.384. The molecule has 9 nitrogen and oxygen atoms in total. The number of halogens is 1. The Bertz CT molecular complexity index is 1140. The molecule has 0 radical (unpaired) electrons. The van der Waals surface area contributed by atoms with Crippen LogP contribution >= 0.6 is 11.6 Å². The Morgan fingerprint density at radius 2 is 1.76 bits per heavy atom. The van der Waals surface area contributed by atoms with E-state index in [9.17, 15) is 24.5 Å². The van der Waals surface area contributed by atoms with Crippen molar-refractivity contribution < 1.29 is 19.3 Å². The number of aryl methyl sites for hydroxylation is 1. The Hall–Kier alpha value is -3.46. The van der Waals surface area contributed by atoms with Gasteiger partial charge in [-0.15, -0.1) is 0 Å². The summed E-state index contributed by atoms with van der Waals surface area (Å²) in [6, 6.07) is 8.99. The van der Waals surface area contributed by atoms with Gasteiger partial charge in [0.15, 0.2) is 0 Å². The molecular formula is C24H25ClN4O5. The number of carbonyl (C=O) groups is 3. The molecule has 2 N–H and O–H groups in total. The van der Waals surface area contributed by atoms with Crippen molar-refractivity contribution in [3.8, 4) is 0 Å². The molecule has 2 aromatic carbocycles. The number of non-ortho nitro benzene ring substituents is 1. The Kier molecular flexibility index (Phi) is 6.83. The third-order valence-corrected chi connectivity index (χ3v) is 6.72. The zero-order valence-electron chi connectivity index (χ0n) is 18.7. The van der Waals surface area contributed by atoms with Crippen molar-refractivity contribution in [3.05, 3.63) is 62.7 Å². The van der Waals surface area contributed by atoms with Gasteiger partial charge in [0.1, 0.15) is 0 Å². The molecule has 4 rings (SSSR count). The summed E-state index contributed by atoms with van der Waals surface area (Å²) in [6.07, 6.45) is 3.41. The lowest BCUT2D eigenvalue weighted by atomic mass is 9.81. The van der Waals surface area contributed by atoms with E-state index >= 15 is 0 Å². The summed E-state index contributed by atoms with van der Waals surface area (Å²) in [5.41, 5.74) is 1.48. The van der Waals surface area contributed by atoms with E-state index in [1.807, 2.05) is 0 Å². The minimum Gasteiger partial charge on any atom is -0.383 e. The highest BCUT2D eigenvalue weighted by atomic mass is 35.5. The molecule has 10 heteroatoms. The Labute approximate surface area is 201 Å². The molecule has 1 saturated carbocycles. The molecule has 2 fully saturated rings. The zero-order chi connectivity index (χ0) is 24.4. The molecule has 1 aliphatic carbocycles. The number of rotatable bonds is 7. The molecule has 2 unspecified atom stereocenters. The van der Waals surface area contributed by atoms with Crippen LogP contribution < -0.4 is 10.6 Å². The largest absolute Gasteiger partial charge is 0.383 e. The summed E-state index contributed by atoms with van der Waals surface area (Å²) in [7, 11) is 0. The van der Waals surface area contributed by atoms with Crippen molar-refractivity contribution in [1.82, 2.24) is 4.90 Å². The number of nitro benzene ring substituents is 1. The van der Waals surface area contributed by atoms with Gasteiger partial charge in [-0.2, -0.15) is 0 Å². The SMILES string of the molecule is Cc1ccc(Cl)cc1NC(=O)c1cc([N+](=O)[O-])ccc1NCCN1C(=O)C2CCCCC2C1=O. The monoisotopic (exact) mass is 484 g/mol. The minimum absolute atomic E-state index is 0.0707. The second-order valence-corrected chi connectivity index (χ2v) is 9.09. The molecule has 0 spiro atoms. The first-order valence-corrected chi connectivity index (χ1v) is 11.6. The van der Waals surface area contributed by atoms with E-state index in [2.05, 4.69) is 10.6 Å². The van der Waals surface area contributed by atoms with Crippen LogP contribution in [0.25, 0.3) is 0 Å². The molecule has 178 valence electrons. The zero-order valence-corrected chi connectivity index (χ0v) is 19.4. The standard InChI is InChI=1S/C24H25ClN4O5/c1-14-6-7-15(25)12-21(14)27-22(30)19-13-16(29(33)34)8-9-20(19)26-10-11-28-23(31)17-4-2-3-5-18(17)24(28)32/h6-9,12-13,17-18,26H,2-5,10-11H2,1H3,(H,27,30). The summed E-state index contributed by atoms with van der Waals surface area (Å²) < 4.78 is 0. The first-order chi connectivity index (χ1) is 16.3. The molecule has 2 aliphatic rings. The third kappa shape index (κ3) is 4.75. The van der Waals surface area contributed by atoms with E-state index in [1.165, 1.54) is 23.1 Å². The maximum Gasteiger partial charge on any atom is 0.270 e. The number of imide groups is 1. The minimum atomic E-state index is -0.575. The average Bonchev–Trinajstić information content (AvgIpc) is 3.06. The number of nitrogens with one attached hydrogen (secondary N) is 2. The van der Waals surface area contributed by atoms with Crippen LogP contribution in [0.15, 0.2) is 36.4 Å². The van der Waals surface area contributed by atoms with Crippen LogP contribution in [-0.4, -0.2) is 40.6 Å². The fourth-order valence-corrected chi connectivity index (χ4v) is 4.83. The highest BCUT2D eigenvalue weighted by molar-refractivity contribution is 6.31. The number of hydrogen-bond acceptors (Lipinski definition) is 6. The van der Waals surface area contributed by atoms with Crippen LogP contribution in [0, 0.1) is 28.9 Å². The second kappa shape index (κ2) is 9.80. The fraction of sp³-hybridized carbons (Fsp3) is 0.375. The Morgan fingerprint density at radius 1 is 1.09 bits per heavy atom. The number of anilines is 2. The number of fused-ring (bicyclic) bond motifs is 1. The first kappa shape index (κ1) is 23.7. The van der Waals surface area contributed by atoms with Crippen molar-refractivity contribution in [2.75, 3.05) is 23.7 Å². The van der Waals surface area contributed by atoms with Crippen LogP contribution in [0.1, 0.15) is 41.6 Å². The number of benzene rings is 2. The van der Waals surface area contributed by atoms with E-state index in [1.54, 1.807) is 25.1 Å². The van der Waals surface area contributed by atoms with E-state index in [0.717, 1.165) is 31.2 Å². The van der Waals surface area contributed by atoms with Gasteiger partial charge in [-0.1, -0.05) is 30.5 Å². The molecule has 2 aromatic rings. The van der Waals surface area contributed by atoms with E-state index in [-0.39, 0.29) is 48.0 Å². The fourth-order valence-electron chi connectivity index (χ4n) is 4.66. The highest BCUT2D eigenvalue weighted by Crippen LogP contribution is 2.37. The summed E-state index contributed by atoms with van der Waals surface area (Å²) in [6.45, 7) is 2.18. The van der Waals surface area contributed by atoms with E-state index in [4.69, 9.17) is 11.6 Å². The first-order valence-electron chi connectivity index (χ1n) is 11.2. The van der Waals surface area contributed by atoms with Crippen molar-refractivity contribution in [1.29, 1.82) is 0 Å².